The van der Waals surface area contributed by atoms with Gasteiger partial charge in [-0.25, -0.2) is 0 Å². The van der Waals surface area contributed by atoms with E-state index in [0.717, 1.165) is 17.4 Å². The van der Waals surface area contributed by atoms with Gasteiger partial charge in [-0.15, -0.1) is 0 Å². The highest BCUT2D eigenvalue weighted by molar-refractivity contribution is 5.09. The van der Waals surface area contributed by atoms with Crippen LogP contribution in [0.4, 0.5) is 0 Å². The Morgan fingerprint density at radius 2 is 2.06 bits per heavy atom. The van der Waals surface area contributed by atoms with Gasteiger partial charge in [-0.3, -0.25) is 0 Å². The molecule has 1 aliphatic rings. The number of allylic oxidation sites excluding steroid dienone is 2. The van der Waals surface area contributed by atoms with E-state index in [2.05, 4.69) is 27.4 Å². The van der Waals surface area contributed by atoms with Crippen LogP contribution in [0, 0.1) is 17.8 Å². The van der Waals surface area contributed by atoms with Crippen molar-refractivity contribution < 1.29 is 4.74 Å². The predicted molar refractivity (Wildman–Crippen MR) is 70.2 cm³/mol. The zero-order valence-electron chi connectivity index (χ0n) is 11.2. The summed E-state index contributed by atoms with van der Waals surface area (Å²) >= 11 is 0. The second-order valence-corrected chi connectivity index (χ2v) is 5.57. The minimum absolute atomic E-state index is 0.402. The quantitative estimate of drug-likeness (QED) is 0.501. The predicted octanol–water partition coefficient (Wildman–Crippen LogP) is 4.55. The molecular formula is C15H26O. The van der Waals surface area contributed by atoms with E-state index in [0.29, 0.717) is 12.0 Å². The minimum Gasteiger partial charge on any atom is -0.497 e. The van der Waals surface area contributed by atoms with Gasteiger partial charge in [0, 0.05) is 0 Å². The Morgan fingerprint density at radius 1 is 1.38 bits per heavy atom. The van der Waals surface area contributed by atoms with Gasteiger partial charge in [-0.2, -0.15) is 0 Å². The molecule has 0 aromatic carbocycles. The van der Waals surface area contributed by atoms with E-state index in [1.165, 1.54) is 19.3 Å². The Bertz CT molecular complexity index is 252. The second kappa shape index (κ2) is 6.12. The smallest absolute Gasteiger partial charge is 0.101 e. The van der Waals surface area contributed by atoms with Crippen LogP contribution in [-0.4, -0.2) is 6.10 Å². The first-order valence-corrected chi connectivity index (χ1v) is 6.49. The maximum atomic E-state index is 5.95. The summed E-state index contributed by atoms with van der Waals surface area (Å²) in [6, 6.07) is 0. The van der Waals surface area contributed by atoms with Gasteiger partial charge in [0.25, 0.3) is 0 Å². The van der Waals surface area contributed by atoms with Gasteiger partial charge in [0.05, 0.1) is 6.26 Å². The molecule has 1 heteroatoms. The normalized spacial score (nSPS) is 31.6. The molecule has 0 aromatic heterocycles. The SMILES string of the molecule is C=C/C(C)=C/O[C@@H]1C[C@H](C)CC[C@H]1C(C)C. The summed E-state index contributed by atoms with van der Waals surface area (Å²) in [5.74, 6) is 2.23. The van der Waals surface area contributed by atoms with Crippen molar-refractivity contribution in [1.29, 1.82) is 0 Å². The van der Waals surface area contributed by atoms with Gasteiger partial charge in [0.1, 0.15) is 6.10 Å². The summed E-state index contributed by atoms with van der Waals surface area (Å²) in [5.41, 5.74) is 1.11. The van der Waals surface area contributed by atoms with E-state index in [1.807, 2.05) is 19.3 Å². The van der Waals surface area contributed by atoms with Gasteiger partial charge in [0.2, 0.25) is 0 Å². The Balaban J connectivity index is 2.61. The van der Waals surface area contributed by atoms with Crippen LogP contribution in [0.15, 0.2) is 24.5 Å². The van der Waals surface area contributed by atoms with E-state index in [9.17, 15) is 0 Å². The Hall–Kier alpha value is -0.720. The largest absolute Gasteiger partial charge is 0.497 e. The van der Waals surface area contributed by atoms with E-state index < -0.39 is 0 Å². The van der Waals surface area contributed by atoms with Crippen LogP contribution >= 0.6 is 0 Å². The zero-order valence-corrected chi connectivity index (χ0v) is 11.2. The lowest BCUT2D eigenvalue weighted by Gasteiger charge is -2.36. The first-order chi connectivity index (χ1) is 7.54. The lowest BCUT2D eigenvalue weighted by Crippen LogP contribution is -2.33. The molecule has 0 bridgehead atoms. The van der Waals surface area contributed by atoms with Gasteiger partial charge < -0.3 is 4.74 Å². The third-order valence-electron chi connectivity index (χ3n) is 3.71. The van der Waals surface area contributed by atoms with Crippen molar-refractivity contribution in [3.8, 4) is 0 Å². The summed E-state index contributed by atoms with van der Waals surface area (Å²) in [5, 5.41) is 0. The third-order valence-corrected chi connectivity index (χ3v) is 3.71. The molecule has 0 unspecified atom stereocenters. The van der Waals surface area contributed by atoms with Crippen molar-refractivity contribution in [3.63, 3.8) is 0 Å². The monoisotopic (exact) mass is 222 g/mol. The number of rotatable bonds is 4. The molecule has 16 heavy (non-hydrogen) atoms. The van der Waals surface area contributed by atoms with Crippen LogP contribution in [0.5, 0.6) is 0 Å². The van der Waals surface area contributed by atoms with Crippen LogP contribution in [0.25, 0.3) is 0 Å². The van der Waals surface area contributed by atoms with Crippen molar-refractivity contribution in [2.45, 2.75) is 53.1 Å². The summed E-state index contributed by atoms with van der Waals surface area (Å²) < 4.78 is 5.95. The maximum Gasteiger partial charge on any atom is 0.101 e. The zero-order chi connectivity index (χ0) is 12.1. The molecule has 1 saturated carbocycles. The highest BCUT2D eigenvalue weighted by atomic mass is 16.5. The van der Waals surface area contributed by atoms with Crippen molar-refractivity contribution in [2.75, 3.05) is 0 Å². The summed E-state index contributed by atoms with van der Waals surface area (Å²) in [6.45, 7) is 12.7. The molecule has 0 spiro atoms. The van der Waals surface area contributed by atoms with Gasteiger partial charge in [-0.1, -0.05) is 39.8 Å². The highest BCUT2D eigenvalue weighted by Crippen LogP contribution is 2.35. The highest BCUT2D eigenvalue weighted by Gasteiger charge is 2.31. The summed E-state index contributed by atoms with van der Waals surface area (Å²) in [7, 11) is 0. The van der Waals surface area contributed by atoms with Crippen LogP contribution in [-0.2, 0) is 4.74 Å². The molecule has 0 N–H and O–H groups in total. The summed E-state index contributed by atoms with van der Waals surface area (Å²) in [6.07, 6.45) is 7.99. The first-order valence-electron chi connectivity index (χ1n) is 6.49. The fraction of sp³-hybridized carbons (Fsp3) is 0.733. The molecular weight excluding hydrogens is 196 g/mol. The van der Waals surface area contributed by atoms with Crippen LogP contribution in [0.2, 0.25) is 0 Å². The minimum atomic E-state index is 0.402. The molecule has 3 atom stereocenters. The summed E-state index contributed by atoms with van der Waals surface area (Å²) in [4.78, 5) is 0. The molecule has 0 heterocycles. The van der Waals surface area contributed by atoms with E-state index >= 15 is 0 Å². The van der Waals surface area contributed by atoms with Crippen LogP contribution < -0.4 is 0 Å². The second-order valence-electron chi connectivity index (χ2n) is 5.57. The van der Waals surface area contributed by atoms with Crippen molar-refractivity contribution in [1.82, 2.24) is 0 Å². The standard InChI is InChI=1S/C15H26O/c1-6-12(4)10-16-15-9-13(5)7-8-14(15)11(2)3/h6,10-11,13-15H,1,7-9H2,2-5H3/b12-10+/t13-,14+,15-/m1/s1. The number of hydrogen-bond acceptors (Lipinski definition) is 1. The van der Waals surface area contributed by atoms with Crippen LogP contribution in [0.1, 0.15) is 47.0 Å². The molecule has 92 valence electrons. The number of hydrogen-bond donors (Lipinski definition) is 0. The van der Waals surface area contributed by atoms with Gasteiger partial charge >= 0.3 is 0 Å². The molecule has 0 radical (unpaired) electrons. The Kier molecular flexibility index (Phi) is 5.11. The van der Waals surface area contributed by atoms with E-state index in [1.54, 1.807) is 0 Å². The molecule has 0 saturated heterocycles. The molecule has 1 fully saturated rings. The van der Waals surface area contributed by atoms with Gasteiger partial charge in [0.15, 0.2) is 0 Å². The Morgan fingerprint density at radius 3 is 2.62 bits per heavy atom. The van der Waals surface area contributed by atoms with Crippen LogP contribution in [0.3, 0.4) is 0 Å². The molecule has 0 amide bonds. The van der Waals surface area contributed by atoms with Crippen molar-refractivity contribution >= 4 is 0 Å². The molecule has 1 aliphatic carbocycles. The fourth-order valence-corrected chi connectivity index (χ4v) is 2.51. The van der Waals surface area contributed by atoms with Crippen molar-refractivity contribution in [2.24, 2.45) is 17.8 Å². The molecule has 1 rings (SSSR count). The van der Waals surface area contributed by atoms with E-state index in [-0.39, 0.29) is 0 Å². The molecule has 0 aliphatic heterocycles. The lowest BCUT2D eigenvalue weighted by atomic mass is 9.75. The topological polar surface area (TPSA) is 9.23 Å². The third kappa shape index (κ3) is 3.70. The molecule has 0 aromatic rings. The maximum absolute atomic E-state index is 5.95. The molecule has 1 nitrogen and oxygen atoms in total. The van der Waals surface area contributed by atoms with Crippen molar-refractivity contribution in [3.05, 3.63) is 24.5 Å². The average molecular weight is 222 g/mol. The van der Waals surface area contributed by atoms with E-state index in [4.69, 9.17) is 4.74 Å². The fourth-order valence-electron chi connectivity index (χ4n) is 2.51. The average Bonchev–Trinajstić information content (AvgIpc) is 2.25. The lowest BCUT2D eigenvalue weighted by molar-refractivity contribution is 0.0129. The number of ether oxygens (including phenoxy) is 1. The van der Waals surface area contributed by atoms with Gasteiger partial charge in [-0.05, 0) is 43.1 Å². The Labute approximate surface area is 101 Å². The first kappa shape index (κ1) is 13.3.